The number of carbonyl (C=O) groups is 1. The molecule has 1 aliphatic rings. The van der Waals surface area contributed by atoms with Crippen LogP contribution < -0.4 is 10.4 Å². The van der Waals surface area contributed by atoms with Crippen molar-refractivity contribution in [2.45, 2.75) is 19.4 Å². The van der Waals surface area contributed by atoms with Crippen molar-refractivity contribution in [1.29, 1.82) is 0 Å². The maximum Gasteiger partial charge on any atom is 0.335 e. The molecule has 0 saturated heterocycles. The summed E-state index contributed by atoms with van der Waals surface area (Å²) in [5.74, 6) is 0.440. The second-order valence-electron chi connectivity index (χ2n) is 8.09. The summed E-state index contributed by atoms with van der Waals surface area (Å²) in [4.78, 5) is 24.8. The molecular weight excluding hydrogens is 428 g/mol. The van der Waals surface area contributed by atoms with E-state index in [-0.39, 0.29) is 17.8 Å². The first-order valence-electron chi connectivity index (χ1n) is 10.5. The van der Waals surface area contributed by atoms with Crippen LogP contribution in [0.3, 0.4) is 0 Å². The second kappa shape index (κ2) is 8.20. The van der Waals surface area contributed by atoms with Gasteiger partial charge in [0.15, 0.2) is 0 Å². The van der Waals surface area contributed by atoms with E-state index < -0.39 is 5.97 Å². The summed E-state index contributed by atoms with van der Waals surface area (Å²) in [5.41, 5.74) is 2.79. The van der Waals surface area contributed by atoms with E-state index in [9.17, 15) is 14.7 Å². The normalized spacial score (nSPS) is 13.4. The third kappa shape index (κ3) is 4.01. The molecule has 1 heterocycles. The topological polar surface area (TPSA) is 73.5 Å². The van der Waals surface area contributed by atoms with Crippen molar-refractivity contribution in [1.82, 2.24) is 9.13 Å². The van der Waals surface area contributed by atoms with E-state index >= 15 is 0 Å². The van der Waals surface area contributed by atoms with E-state index in [2.05, 4.69) is 0 Å². The van der Waals surface area contributed by atoms with Gasteiger partial charge in [-0.2, -0.15) is 0 Å². The zero-order chi connectivity index (χ0) is 22.2. The quantitative estimate of drug-likeness (QED) is 0.432. The third-order valence-corrected chi connectivity index (χ3v) is 5.92. The van der Waals surface area contributed by atoms with Crippen LogP contribution >= 0.6 is 11.6 Å². The number of imidazole rings is 1. The van der Waals surface area contributed by atoms with E-state index in [0.29, 0.717) is 27.7 Å². The molecular formula is C25H21ClN2O4. The van der Waals surface area contributed by atoms with Crippen LogP contribution in [0.25, 0.3) is 16.7 Å². The molecule has 0 radical (unpaired) electrons. The molecule has 4 aromatic rings. The third-order valence-electron chi connectivity index (χ3n) is 5.68. The van der Waals surface area contributed by atoms with Crippen molar-refractivity contribution in [3.8, 4) is 11.4 Å². The Morgan fingerprint density at radius 3 is 2.53 bits per heavy atom. The number of aromatic nitrogens is 2. The van der Waals surface area contributed by atoms with Gasteiger partial charge < -0.3 is 9.84 Å². The SMILES string of the molecule is O=C(O)c1cccc(Cn2c(=O)n(-c3ccc(OCC4CC4)cc3)c3cc(Cl)ccc32)c1. The summed E-state index contributed by atoms with van der Waals surface area (Å²) in [6, 6.07) is 19.4. The van der Waals surface area contributed by atoms with Gasteiger partial charge in [-0.15, -0.1) is 0 Å². The molecule has 32 heavy (non-hydrogen) atoms. The number of benzene rings is 3. The summed E-state index contributed by atoms with van der Waals surface area (Å²) in [7, 11) is 0. The number of carboxylic acids is 1. The number of fused-ring (bicyclic) bond motifs is 1. The Kier molecular flexibility index (Phi) is 5.23. The van der Waals surface area contributed by atoms with Gasteiger partial charge in [0.05, 0.1) is 35.4 Å². The van der Waals surface area contributed by atoms with Crippen molar-refractivity contribution in [3.05, 3.63) is 93.4 Å². The van der Waals surface area contributed by atoms with Crippen molar-refractivity contribution in [3.63, 3.8) is 0 Å². The van der Waals surface area contributed by atoms with Crippen molar-refractivity contribution >= 4 is 28.6 Å². The molecule has 1 fully saturated rings. The molecule has 7 heteroatoms. The van der Waals surface area contributed by atoms with Crippen LogP contribution in [-0.2, 0) is 6.54 Å². The number of rotatable bonds is 7. The number of aromatic carboxylic acids is 1. The van der Waals surface area contributed by atoms with E-state index in [4.69, 9.17) is 16.3 Å². The number of ether oxygens (including phenoxy) is 1. The molecule has 0 atom stereocenters. The van der Waals surface area contributed by atoms with E-state index in [1.165, 1.54) is 18.9 Å². The zero-order valence-electron chi connectivity index (χ0n) is 17.2. The Labute approximate surface area is 189 Å². The zero-order valence-corrected chi connectivity index (χ0v) is 18.0. The molecule has 0 unspecified atom stereocenters. The lowest BCUT2D eigenvalue weighted by Gasteiger charge is -2.07. The van der Waals surface area contributed by atoms with Crippen molar-refractivity contribution in [2.24, 2.45) is 5.92 Å². The minimum atomic E-state index is -1.00. The second-order valence-corrected chi connectivity index (χ2v) is 8.53. The fraction of sp³-hybridized carbons (Fsp3) is 0.200. The number of carboxylic acid groups (broad SMARTS) is 1. The lowest BCUT2D eigenvalue weighted by Crippen LogP contribution is -2.23. The number of nitrogens with zero attached hydrogens (tertiary/aromatic N) is 2. The Balaban J connectivity index is 1.55. The van der Waals surface area contributed by atoms with Gasteiger partial charge in [0, 0.05) is 5.02 Å². The molecule has 1 saturated carbocycles. The van der Waals surface area contributed by atoms with Crippen LogP contribution in [-0.4, -0.2) is 26.8 Å². The van der Waals surface area contributed by atoms with Gasteiger partial charge in [0.25, 0.3) is 0 Å². The lowest BCUT2D eigenvalue weighted by atomic mass is 10.1. The van der Waals surface area contributed by atoms with Gasteiger partial charge >= 0.3 is 11.7 Å². The van der Waals surface area contributed by atoms with Crippen LogP contribution in [0.2, 0.25) is 5.02 Å². The maximum atomic E-state index is 13.5. The number of halogens is 1. The van der Waals surface area contributed by atoms with Gasteiger partial charge in [-0.1, -0.05) is 23.7 Å². The molecule has 1 N–H and O–H groups in total. The van der Waals surface area contributed by atoms with Gasteiger partial charge in [0.1, 0.15) is 5.75 Å². The van der Waals surface area contributed by atoms with Crippen LogP contribution in [0.15, 0.2) is 71.5 Å². The fourth-order valence-corrected chi connectivity index (χ4v) is 3.97. The highest BCUT2D eigenvalue weighted by Crippen LogP contribution is 2.30. The summed E-state index contributed by atoms with van der Waals surface area (Å²) in [6.07, 6.45) is 2.45. The largest absolute Gasteiger partial charge is 0.493 e. The summed E-state index contributed by atoms with van der Waals surface area (Å²) in [6.45, 7) is 0.970. The monoisotopic (exact) mass is 448 g/mol. The van der Waals surface area contributed by atoms with Crippen molar-refractivity contribution in [2.75, 3.05) is 6.61 Å². The Bertz CT molecular complexity index is 1370. The average molecular weight is 449 g/mol. The highest BCUT2D eigenvalue weighted by Gasteiger charge is 2.22. The highest BCUT2D eigenvalue weighted by molar-refractivity contribution is 6.31. The average Bonchev–Trinajstić information content (AvgIpc) is 3.58. The maximum absolute atomic E-state index is 13.5. The van der Waals surface area contributed by atoms with E-state index in [1.807, 2.05) is 36.4 Å². The molecule has 0 amide bonds. The smallest absolute Gasteiger partial charge is 0.335 e. The standard InChI is InChI=1S/C25H21ClN2O4/c26-19-6-11-22-23(13-19)28(20-7-9-21(10-8-20)32-15-16-4-5-16)25(31)27(22)14-17-2-1-3-18(12-17)24(29)30/h1-3,6-13,16H,4-5,14-15H2,(H,29,30). The van der Waals surface area contributed by atoms with Crippen LogP contribution in [0.4, 0.5) is 0 Å². The van der Waals surface area contributed by atoms with Crippen LogP contribution in [0.5, 0.6) is 5.75 Å². The molecule has 6 nitrogen and oxygen atoms in total. The van der Waals surface area contributed by atoms with E-state index in [0.717, 1.165) is 17.9 Å². The first-order chi connectivity index (χ1) is 15.5. The molecule has 162 valence electrons. The fourth-order valence-electron chi connectivity index (χ4n) is 3.81. The predicted molar refractivity (Wildman–Crippen MR) is 123 cm³/mol. The first-order valence-corrected chi connectivity index (χ1v) is 10.8. The Hall–Kier alpha value is -3.51. The predicted octanol–water partition coefficient (Wildman–Crippen LogP) is 4.98. The van der Waals surface area contributed by atoms with Crippen LogP contribution in [0.1, 0.15) is 28.8 Å². The summed E-state index contributed by atoms with van der Waals surface area (Å²) in [5, 5.41) is 9.81. The van der Waals surface area contributed by atoms with Gasteiger partial charge in [0.2, 0.25) is 0 Å². The molecule has 0 bridgehead atoms. The molecule has 1 aromatic heterocycles. The molecule has 5 rings (SSSR count). The minimum absolute atomic E-state index is 0.184. The van der Waals surface area contributed by atoms with Crippen LogP contribution in [0, 0.1) is 5.92 Å². The van der Waals surface area contributed by atoms with Gasteiger partial charge in [-0.25, -0.2) is 9.59 Å². The molecule has 3 aromatic carbocycles. The first kappa shape index (κ1) is 20.4. The highest BCUT2D eigenvalue weighted by atomic mass is 35.5. The molecule has 0 aliphatic heterocycles. The van der Waals surface area contributed by atoms with Gasteiger partial charge in [-0.3, -0.25) is 9.13 Å². The Morgan fingerprint density at radius 1 is 1.03 bits per heavy atom. The van der Waals surface area contributed by atoms with Gasteiger partial charge in [-0.05, 0) is 78.9 Å². The van der Waals surface area contributed by atoms with Crippen molar-refractivity contribution < 1.29 is 14.6 Å². The lowest BCUT2D eigenvalue weighted by molar-refractivity contribution is 0.0696. The van der Waals surface area contributed by atoms with E-state index in [1.54, 1.807) is 33.4 Å². The summed E-state index contributed by atoms with van der Waals surface area (Å²) < 4.78 is 9.06. The summed E-state index contributed by atoms with van der Waals surface area (Å²) >= 11 is 6.25. The number of hydrogen-bond donors (Lipinski definition) is 1. The number of hydrogen-bond acceptors (Lipinski definition) is 3. The molecule has 0 spiro atoms. The Morgan fingerprint density at radius 2 is 1.81 bits per heavy atom. The molecule has 1 aliphatic carbocycles. The minimum Gasteiger partial charge on any atom is -0.493 e.